The molecule has 0 spiro atoms. The van der Waals surface area contributed by atoms with E-state index in [1.165, 1.54) is 11.1 Å². The molecule has 2 fully saturated rings. The number of aryl methyl sites for hydroxylation is 1. The van der Waals surface area contributed by atoms with Crippen molar-refractivity contribution in [1.82, 2.24) is 4.90 Å². The molecule has 0 bridgehead atoms. The first-order valence-corrected chi connectivity index (χ1v) is 20.1. The Hall–Kier alpha value is -2.31. The molecule has 2 aromatic carbocycles. The molecule has 0 saturated heterocycles. The number of rotatable bonds is 15. The molecule has 3 aliphatic carbocycles. The van der Waals surface area contributed by atoms with Gasteiger partial charge in [-0.05, 0) is 116 Å². The molecule has 0 aromatic heterocycles. The lowest BCUT2D eigenvalue weighted by molar-refractivity contribution is -0.147. The van der Waals surface area contributed by atoms with Crippen LogP contribution in [0, 0.1) is 17.3 Å². The van der Waals surface area contributed by atoms with Crippen molar-refractivity contribution in [3.8, 4) is 11.5 Å². The van der Waals surface area contributed by atoms with Crippen molar-refractivity contribution in [2.45, 2.75) is 82.0 Å². The van der Waals surface area contributed by atoms with Crippen LogP contribution in [0.4, 0.5) is 0 Å². The van der Waals surface area contributed by atoms with Gasteiger partial charge >= 0.3 is 21.2 Å². The van der Waals surface area contributed by atoms with Gasteiger partial charge < -0.3 is 48.9 Å². The lowest BCUT2D eigenvalue weighted by atomic mass is 9.55. The Bertz CT molecular complexity index is 1550. The number of benzene rings is 2. The predicted octanol–water partition coefficient (Wildman–Crippen LogP) is 4.12. The smallest absolute Gasteiger partial charge is 0.369 e. The van der Waals surface area contributed by atoms with Crippen LogP contribution in [-0.4, -0.2) is 85.2 Å². The van der Waals surface area contributed by atoms with E-state index in [9.17, 15) is 43.7 Å². The third-order valence-corrected chi connectivity index (χ3v) is 14.9. The second-order valence-corrected chi connectivity index (χ2v) is 18.1. The quantitative estimate of drug-likeness (QED) is 0.0871. The Morgan fingerprint density at radius 2 is 1.71 bits per heavy atom. The van der Waals surface area contributed by atoms with Gasteiger partial charge in [0.2, 0.25) is 0 Å². The molecule has 5 atom stereocenters. The zero-order chi connectivity index (χ0) is 35.6. The molecule has 0 amide bonds. The molecule has 5 rings (SSSR count). The Kier molecular flexibility index (Phi) is 11.7. The Morgan fingerprint density at radius 3 is 2.45 bits per heavy atom. The fourth-order valence-electron chi connectivity index (χ4n) is 8.13. The normalized spacial score (nSPS) is 25.3. The summed E-state index contributed by atoms with van der Waals surface area (Å²) in [6, 6.07) is 13.2. The molecule has 15 heteroatoms. The monoisotopic (exact) mass is 725 g/mol. The zero-order valence-corrected chi connectivity index (χ0v) is 29.8. The number of fused-ring (bicyclic) bond motifs is 5. The highest BCUT2D eigenvalue weighted by molar-refractivity contribution is 7.72. The van der Waals surface area contributed by atoms with Crippen LogP contribution >= 0.6 is 15.2 Å². The van der Waals surface area contributed by atoms with Crippen molar-refractivity contribution in [3.05, 3.63) is 59.2 Å². The van der Waals surface area contributed by atoms with Gasteiger partial charge in [-0.15, -0.1) is 0 Å². The highest BCUT2D eigenvalue weighted by Crippen LogP contribution is 2.69. The number of carbonyl (C=O) groups is 1. The maximum atomic E-state index is 12.5. The molecule has 2 saturated carbocycles. The summed E-state index contributed by atoms with van der Waals surface area (Å²) < 4.78 is 40.1. The third kappa shape index (κ3) is 8.43. The Labute approximate surface area is 286 Å². The number of ether oxygens (including phenoxy) is 3. The maximum absolute atomic E-state index is 12.5. The van der Waals surface area contributed by atoms with Crippen molar-refractivity contribution < 1.29 is 57.9 Å². The first-order chi connectivity index (χ1) is 23.0. The zero-order valence-electron chi connectivity index (χ0n) is 28.0. The molecule has 3 aliphatic rings. The van der Waals surface area contributed by atoms with E-state index < -0.39 is 32.7 Å². The van der Waals surface area contributed by atoms with E-state index in [1.54, 1.807) is 36.2 Å². The molecule has 13 nitrogen and oxygen atoms in total. The molecule has 0 unspecified atom stereocenters. The van der Waals surface area contributed by atoms with Gasteiger partial charge in [0.25, 0.3) is 5.08 Å². The number of hydrogen-bond acceptors (Lipinski definition) is 9. The molecule has 0 aliphatic heterocycles. The topological polar surface area (TPSA) is 204 Å². The van der Waals surface area contributed by atoms with Crippen LogP contribution in [0.1, 0.15) is 74.5 Å². The van der Waals surface area contributed by atoms with Gasteiger partial charge in [-0.1, -0.05) is 25.1 Å². The summed E-state index contributed by atoms with van der Waals surface area (Å²) in [7, 11) is -9.39. The third-order valence-electron chi connectivity index (χ3n) is 11.0. The summed E-state index contributed by atoms with van der Waals surface area (Å²) in [5, 5.41) is 17.2. The molecular weight excluding hydrogens is 676 g/mol. The van der Waals surface area contributed by atoms with Gasteiger partial charge in [-0.3, -0.25) is 9.13 Å². The first kappa shape index (κ1) is 37.9. The van der Waals surface area contributed by atoms with Crippen LogP contribution in [0.25, 0.3) is 0 Å². The van der Waals surface area contributed by atoms with E-state index in [0.29, 0.717) is 42.2 Å². The van der Waals surface area contributed by atoms with Crippen LogP contribution in [0.15, 0.2) is 42.5 Å². The second-order valence-electron chi connectivity index (χ2n) is 14.1. The molecule has 6 N–H and O–H groups in total. The van der Waals surface area contributed by atoms with E-state index in [-0.39, 0.29) is 37.9 Å². The van der Waals surface area contributed by atoms with Crippen LogP contribution in [-0.2, 0) is 31.7 Å². The minimum absolute atomic E-state index is 0.0340. The Morgan fingerprint density at radius 1 is 0.980 bits per heavy atom. The highest BCUT2D eigenvalue weighted by atomic mass is 31.2. The minimum atomic E-state index is -5.49. The van der Waals surface area contributed by atoms with E-state index in [4.69, 9.17) is 14.2 Å². The van der Waals surface area contributed by atoms with E-state index in [0.717, 1.165) is 44.1 Å². The van der Waals surface area contributed by atoms with Gasteiger partial charge in [0.05, 0.1) is 12.7 Å². The van der Waals surface area contributed by atoms with Crippen LogP contribution in [0.5, 0.6) is 11.5 Å². The summed E-state index contributed by atoms with van der Waals surface area (Å²) in [6.45, 7) is 2.57. The fourth-order valence-corrected chi connectivity index (χ4v) is 10.3. The Balaban J connectivity index is 1.02. The summed E-state index contributed by atoms with van der Waals surface area (Å²) in [6.07, 6.45) is 5.74. The average molecular weight is 726 g/mol. The molecule has 0 heterocycles. The number of carbonyl (C=O) groups excluding carboxylic acids is 1. The van der Waals surface area contributed by atoms with E-state index in [1.807, 2.05) is 6.07 Å². The molecule has 272 valence electrons. The van der Waals surface area contributed by atoms with Gasteiger partial charge in [0, 0.05) is 19.5 Å². The van der Waals surface area contributed by atoms with Crippen molar-refractivity contribution in [1.29, 1.82) is 0 Å². The van der Waals surface area contributed by atoms with E-state index in [2.05, 4.69) is 19.1 Å². The van der Waals surface area contributed by atoms with Crippen molar-refractivity contribution in [3.63, 3.8) is 0 Å². The maximum Gasteiger partial charge on any atom is 0.369 e. The number of nitrogens with zero attached hydrogens (tertiary/aromatic N) is 1. The molecular formula is C34H49NO12P2. The largest absolute Gasteiger partial charge is 0.494 e. The van der Waals surface area contributed by atoms with Gasteiger partial charge in [0.1, 0.15) is 18.1 Å². The van der Waals surface area contributed by atoms with Crippen LogP contribution in [0.3, 0.4) is 0 Å². The van der Waals surface area contributed by atoms with Gasteiger partial charge in [0.15, 0.2) is 6.61 Å². The van der Waals surface area contributed by atoms with Gasteiger partial charge in [-0.2, -0.15) is 0 Å². The molecule has 2 aromatic rings. The number of aliphatic hydroxyl groups excluding tert-OH is 1. The van der Waals surface area contributed by atoms with Gasteiger partial charge in [-0.25, -0.2) is 4.79 Å². The van der Waals surface area contributed by atoms with Crippen LogP contribution in [0.2, 0.25) is 0 Å². The van der Waals surface area contributed by atoms with Crippen molar-refractivity contribution in [2.24, 2.45) is 17.3 Å². The lowest BCUT2D eigenvalue weighted by Gasteiger charge is -2.50. The van der Waals surface area contributed by atoms with Crippen molar-refractivity contribution >= 4 is 21.2 Å². The SMILES string of the molecule is CN(CCCOc1cccc(COC(=O)COc2ccc3c(c2)CC[C@@H]2[C@@H]3CC[C@]3(C)[C@@H](O)CC[C@@H]23)c1)CCC(O)(P(=O)(O)O)P(=O)(O)O. The predicted molar refractivity (Wildman–Crippen MR) is 180 cm³/mol. The van der Waals surface area contributed by atoms with Crippen LogP contribution < -0.4 is 9.47 Å². The average Bonchev–Trinajstić information content (AvgIpc) is 3.36. The summed E-state index contributed by atoms with van der Waals surface area (Å²) in [4.78, 5) is 51.2. The number of hydrogen-bond donors (Lipinski definition) is 6. The summed E-state index contributed by atoms with van der Waals surface area (Å²) in [5.74, 6) is 2.40. The summed E-state index contributed by atoms with van der Waals surface area (Å²) >= 11 is 0. The fraction of sp³-hybridized carbons (Fsp3) is 0.618. The van der Waals surface area contributed by atoms with Crippen molar-refractivity contribution in [2.75, 3.05) is 33.4 Å². The molecule has 49 heavy (non-hydrogen) atoms. The number of esters is 1. The molecule has 0 radical (unpaired) electrons. The standard InChI is InChI=1S/C34H49NO12P2/c1-33-14-13-28-27-10-8-26(20-24(27)7-9-29(28)30(33)11-12-31(33)36)46-22-32(37)47-21-23-5-3-6-25(19-23)45-18-4-16-35(2)17-15-34(38,48(39,40)41)49(42,43)44/h3,5-6,8,10,19-20,28-31,36,38H,4,7,9,11-18,21-22H2,1-2H3,(H2,39,40,41)(H2,42,43,44)/t28-,29-,30+,31+,33+/m1/s1. The minimum Gasteiger partial charge on any atom is -0.494 e. The second kappa shape index (κ2) is 15.1. The summed E-state index contributed by atoms with van der Waals surface area (Å²) in [5.41, 5.74) is 3.44. The lowest BCUT2D eigenvalue weighted by Crippen LogP contribution is -2.43. The highest BCUT2D eigenvalue weighted by Gasteiger charge is 2.59. The number of aliphatic hydroxyl groups is 2. The van der Waals surface area contributed by atoms with E-state index >= 15 is 0 Å². The first-order valence-electron chi connectivity index (χ1n) is 16.8.